The monoisotopic (exact) mass is 482 g/mol. The van der Waals surface area contributed by atoms with Crippen LogP contribution in [0, 0.1) is 6.92 Å². The summed E-state index contributed by atoms with van der Waals surface area (Å²) < 4.78 is 12.0. The van der Waals surface area contributed by atoms with Gasteiger partial charge in [0.25, 0.3) is 5.91 Å². The molecule has 7 heteroatoms. The number of amides is 1. The van der Waals surface area contributed by atoms with Crippen LogP contribution in [0.25, 0.3) is 0 Å². The summed E-state index contributed by atoms with van der Waals surface area (Å²) in [6.45, 7) is 5.33. The highest BCUT2D eigenvalue weighted by molar-refractivity contribution is 6.03. The van der Waals surface area contributed by atoms with Gasteiger partial charge in [0.1, 0.15) is 0 Å². The van der Waals surface area contributed by atoms with E-state index in [1.807, 2.05) is 91.9 Å². The third-order valence-electron chi connectivity index (χ3n) is 6.37. The molecule has 2 heterocycles. The van der Waals surface area contributed by atoms with Crippen molar-refractivity contribution in [1.29, 1.82) is 0 Å². The van der Waals surface area contributed by atoms with Gasteiger partial charge in [0.15, 0.2) is 18.2 Å². The number of carbonyl (C=O) groups excluding carboxylic acids is 2. The Hall–Kier alpha value is -4.23. The zero-order valence-electron chi connectivity index (χ0n) is 19.8. The number of aliphatic imine (C=N–C) groups is 1. The van der Waals surface area contributed by atoms with E-state index in [1.165, 1.54) is 4.90 Å². The Morgan fingerprint density at radius 3 is 2.17 bits per heavy atom. The molecule has 1 amide bonds. The number of benzene rings is 3. The molecule has 0 bridgehead atoms. The maximum Gasteiger partial charge on any atom is 0.334 e. The SMILES string of the molecule is C=C(CO)[C@H](C(=O)OC(c1ccccc1)c1ccccc1)N1C(=O)[C@@H]2N=C(c3ccc(C)cc3)O[C@@H]21. The van der Waals surface area contributed by atoms with Crippen LogP contribution in [0.3, 0.4) is 0 Å². The summed E-state index contributed by atoms with van der Waals surface area (Å²) in [5.74, 6) is -0.741. The molecule has 0 unspecified atom stereocenters. The average molecular weight is 483 g/mol. The van der Waals surface area contributed by atoms with E-state index in [0.29, 0.717) is 5.90 Å². The molecule has 1 fully saturated rings. The van der Waals surface area contributed by atoms with Crippen LogP contribution in [-0.4, -0.2) is 52.7 Å². The molecule has 182 valence electrons. The van der Waals surface area contributed by atoms with E-state index in [-0.39, 0.29) is 11.5 Å². The first kappa shape index (κ1) is 23.5. The molecular formula is C29H26N2O5. The van der Waals surface area contributed by atoms with Crippen LogP contribution in [-0.2, 0) is 19.1 Å². The Balaban J connectivity index is 1.40. The number of hydrogen-bond donors (Lipinski definition) is 1. The topological polar surface area (TPSA) is 88.4 Å². The number of β-lactam (4-membered cyclic amide) rings is 1. The lowest BCUT2D eigenvalue weighted by Crippen LogP contribution is -2.68. The maximum atomic E-state index is 13.6. The second kappa shape index (κ2) is 9.79. The van der Waals surface area contributed by atoms with Crippen LogP contribution in [0.4, 0.5) is 0 Å². The third-order valence-corrected chi connectivity index (χ3v) is 6.37. The second-order valence-electron chi connectivity index (χ2n) is 8.86. The zero-order valence-corrected chi connectivity index (χ0v) is 19.8. The van der Waals surface area contributed by atoms with Gasteiger partial charge in [-0.25, -0.2) is 9.79 Å². The summed E-state index contributed by atoms with van der Waals surface area (Å²) in [6.07, 6.45) is -1.48. The molecule has 1 N–H and O–H groups in total. The van der Waals surface area contributed by atoms with Gasteiger partial charge in [0.05, 0.1) is 6.61 Å². The van der Waals surface area contributed by atoms with Crippen molar-refractivity contribution < 1.29 is 24.2 Å². The van der Waals surface area contributed by atoms with Crippen molar-refractivity contribution in [2.75, 3.05) is 6.61 Å². The van der Waals surface area contributed by atoms with E-state index in [9.17, 15) is 14.7 Å². The van der Waals surface area contributed by atoms with Gasteiger partial charge in [-0.2, -0.15) is 0 Å². The van der Waals surface area contributed by atoms with Crippen molar-refractivity contribution in [3.63, 3.8) is 0 Å². The number of nitrogens with zero attached hydrogens (tertiary/aromatic N) is 2. The highest BCUT2D eigenvalue weighted by Crippen LogP contribution is 2.36. The lowest BCUT2D eigenvalue weighted by molar-refractivity contribution is -0.179. The molecule has 36 heavy (non-hydrogen) atoms. The highest BCUT2D eigenvalue weighted by atomic mass is 16.6. The molecule has 5 rings (SSSR count). The fraction of sp³-hybridized carbons (Fsp3) is 0.207. The van der Waals surface area contributed by atoms with Crippen LogP contribution in [0.5, 0.6) is 0 Å². The van der Waals surface area contributed by atoms with E-state index in [1.54, 1.807) is 0 Å². The predicted octanol–water partition coefficient (Wildman–Crippen LogP) is 3.56. The average Bonchev–Trinajstić information content (AvgIpc) is 3.31. The van der Waals surface area contributed by atoms with Gasteiger partial charge in [0.2, 0.25) is 12.1 Å². The number of hydrogen-bond acceptors (Lipinski definition) is 6. The van der Waals surface area contributed by atoms with Gasteiger partial charge in [-0.05, 0) is 35.8 Å². The molecule has 0 aliphatic carbocycles. The standard InChI is InChI=1S/C29H26N2O5/c1-18-13-15-22(16-14-18)26-30-23-27(33)31(28(23)36-26)24(19(2)17-32)29(34)35-25(20-9-5-3-6-10-20)21-11-7-4-8-12-21/h3-16,23-25,28,32H,2,17H2,1H3/t23-,24+,28-/m0/s1. The molecule has 1 saturated heterocycles. The van der Waals surface area contributed by atoms with Gasteiger partial charge >= 0.3 is 5.97 Å². The summed E-state index contributed by atoms with van der Waals surface area (Å²) >= 11 is 0. The lowest BCUT2D eigenvalue weighted by Gasteiger charge is -2.44. The summed E-state index contributed by atoms with van der Waals surface area (Å²) in [5, 5.41) is 9.86. The Morgan fingerprint density at radius 1 is 1.03 bits per heavy atom. The first-order valence-electron chi connectivity index (χ1n) is 11.7. The van der Waals surface area contributed by atoms with Gasteiger partial charge in [0, 0.05) is 5.56 Å². The first-order valence-corrected chi connectivity index (χ1v) is 11.7. The minimum Gasteiger partial charge on any atom is -0.451 e. The molecule has 0 saturated carbocycles. The van der Waals surface area contributed by atoms with E-state index < -0.39 is 37.0 Å². The van der Waals surface area contributed by atoms with Crippen LogP contribution in [0.2, 0.25) is 0 Å². The number of aliphatic hydroxyl groups is 1. The van der Waals surface area contributed by atoms with Gasteiger partial charge in [-0.3, -0.25) is 9.69 Å². The van der Waals surface area contributed by atoms with Crippen molar-refractivity contribution in [3.05, 3.63) is 119 Å². The van der Waals surface area contributed by atoms with Crippen molar-refractivity contribution in [3.8, 4) is 0 Å². The molecule has 2 aliphatic heterocycles. The van der Waals surface area contributed by atoms with E-state index in [4.69, 9.17) is 9.47 Å². The fourth-order valence-corrected chi connectivity index (χ4v) is 4.42. The van der Waals surface area contributed by atoms with E-state index in [0.717, 1.165) is 22.3 Å². The van der Waals surface area contributed by atoms with Crippen molar-refractivity contribution in [1.82, 2.24) is 4.90 Å². The molecule has 2 aliphatic rings. The number of ether oxygens (including phenoxy) is 2. The van der Waals surface area contributed by atoms with Gasteiger partial charge < -0.3 is 14.6 Å². The first-order chi connectivity index (χ1) is 17.5. The number of esters is 1. The van der Waals surface area contributed by atoms with E-state index in [2.05, 4.69) is 11.6 Å². The Morgan fingerprint density at radius 2 is 1.61 bits per heavy atom. The normalized spacial score (nSPS) is 19.1. The Labute approximate surface area is 209 Å². The zero-order chi connectivity index (χ0) is 25.2. The Bertz CT molecular complexity index is 1270. The molecule has 3 aromatic rings. The van der Waals surface area contributed by atoms with Crippen molar-refractivity contribution in [2.24, 2.45) is 4.99 Å². The number of likely N-dealkylation sites (tertiary alicyclic amines) is 1. The predicted molar refractivity (Wildman–Crippen MR) is 134 cm³/mol. The van der Waals surface area contributed by atoms with Gasteiger partial charge in [-0.15, -0.1) is 0 Å². The minimum atomic E-state index is -1.22. The number of rotatable bonds is 8. The molecule has 7 nitrogen and oxygen atoms in total. The summed E-state index contributed by atoms with van der Waals surface area (Å²) in [4.78, 5) is 32.3. The largest absolute Gasteiger partial charge is 0.451 e. The van der Waals surface area contributed by atoms with Crippen LogP contribution in [0.1, 0.15) is 28.4 Å². The summed E-state index contributed by atoms with van der Waals surface area (Å²) in [6, 6.07) is 24.3. The van der Waals surface area contributed by atoms with Crippen molar-refractivity contribution in [2.45, 2.75) is 31.3 Å². The molecular weight excluding hydrogens is 456 g/mol. The van der Waals surface area contributed by atoms with Crippen LogP contribution < -0.4 is 0 Å². The minimum absolute atomic E-state index is 0.138. The summed E-state index contributed by atoms with van der Waals surface area (Å²) in [7, 11) is 0. The molecule has 3 atom stereocenters. The van der Waals surface area contributed by atoms with Crippen LogP contribution in [0.15, 0.2) is 102 Å². The number of fused-ring (bicyclic) bond motifs is 1. The molecule has 0 spiro atoms. The molecule has 0 aromatic heterocycles. The third kappa shape index (κ3) is 4.29. The molecule has 0 radical (unpaired) electrons. The molecule has 3 aromatic carbocycles. The smallest absolute Gasteiger partial charge is 0.334 e. The number of aryl methyl sites for hydroxylation is 1. The Kier molecular flexibility index (Phi) is 6.40. The quantitative estimate of drug-likeness (QED) is 0.301. The fourth-order valence-electron chi connectivity index (χ4n) is 4.42. The second-order valence-corrected chi connectivity index (χ2v) is 8.86. The highest BCUT2D eigenvalue weighted by Gasteiger charge is 2.58. The lowest BCUT2D eigenvalue weighted by atomic mass is 9.97. The number of aliphatic hydroxyl groups excluding tert-OH is 1. The maximum absolute atomic E-state index is 13.6. The van der Waals surface area contributed by atoms with E-state index >= 15 is 0 Å². The van der Waals surface area contributed by atoms with Gasteiger partial charge in [-0.1, -0.05) is 84.9 Å². The van der Waals surface area contributed by atoms with Crippen molar-refractivity contribution >= 4 is 17.8 Å². The van der Waals surface area contributed by atoms with Crippen LogP contribution >= 0.6 is 0 Å². The number of carbonyl (C=O) groups is 2. The summed E-state index contributed by atoms with van der Waals surface area (Å²) in [5.41, 5.74) is 3.53.